The van der Waals surface area contributed by atoms with Crippen molar-refractivity contribution in [3.05, 3.63) is 97.6 Å². The van der Waals surface area contributed by atoms with E-state index in [-0.39, 0.29) is 4.90 Å². The summed E-state index contributed by atoms with van der Waals surface area (Å²) in [5.41, 5.74) is 0.930. The van der Waals surface area contributed by atoms with Crippen LogP contribution in [0.15, 0.2) is 89.8 Å². The zero-order valence-corrected chi connectivity index (χ0v) is 16.5. The molecule has 130 valence electrons. The predicted octanol–water partition coefficient (Wildman–Crippen LogP) is 4.74. The zero-order chi connectivity index (χ0) is 17.9. The fourth-order valence-corrected chi connectivity index (χ4v) is 10.5. The van der Waals surface area contributed by atoms with Gasteiger partial charge >= 0.3 is 152 Å². The Morgan fingerprint density at radius 1 is 0.720 bits per heavy atom. The second kappa shape index (κ2) is 7.15. The molecule has 0 N–H and O–H groups in total. The molecular weight excluding hydrogens is 451 g/mol. The number of hydrogen-bond donors (Lipinski definition) is 0. The monoisotopic (exact) mass is 468 g/mol. The maximum atomic E-state index is 13.7. The van der Waals surface area contributed by atoms with Gasteiger partial charge in [0.2, 0.25) is 0 Å². The molecule has 0 heterocycles. The van der Waals surface area contributed by atoms with E-state index in [2.05, 4.69) is 0 Å². The number of halogens is 1. The van der Waals surface area contributed by atoms with Gasteiger partial charge in [0.15, 0.2) is 0 Å². The molecule has 0 aliphatic rings. The fourth-order valence-electron chi connectivity index (χ4n) is 2.22. The molecule has 0 amide bonds. The molecule has 4 nitrogen and oxygen atoms in total. The zero-order valence-electron chi connectivity index (χ0n) is 13.5. The molecule has 0 bridgehead atoms. The third kappa shape index (κ3) is 3.86. The number of aryl methyl sites for hydroxylation is 1. The summed E-state index contributed by atoms with van der Waals surface area (Å²) in [7, 11) is -4.16. The van der Waals surface area contributed by atoms with Crippen LogP contribution in [0.2, 0.25) is 0 Å². The van der Waals surface area contributed by atoms with E-state index in [0.717, 1.165) is 5.56 Å². The van der Waals surface area contributed by atoms with Crippen LogP contribution in [0, 0.1) is 14.1 Å². The molecule has 3 aromatic rings. The van der Waals surface area contributed by atoms with E-state index in [1.165, 1.54) is 12.1 Å². The van der Waals surface area contributed by atoms with Gasteiger partial charge in [0.05, 0.1) is 0 Å². The molecule has 0 aromatic heterocycles. The normalized spacial score (nSPS) is 12.7. The van der Waals surface area contributed by atoms with Gasteiger partial charge < -0.3 is 0 Å². The summed E-state index contributed by atoms with van der Waals surface area (Å²) in [4.78, 5) is -0.00575. The van der Waals surface area contributed by atoms with Crippen LogP contribution in [-0.4, -0.2) is 8.42 Å². The van der Waals surface area contributed by atoms with Gasteiger partial charge in [-0.15, -0.1) is 0 Å². The second-order valence-corrected chi connectivity index (χ2v) is 13.1. The third-order valence-electron chi connectivity index (χ3n) is 3.52. The van der Waals surface area contributed by atoms with Crippen LogP contribution in [0.25, 0.3) is 0 Å². The van der Waals surface area contributed by atoms with Gasteiger partial charge in [-0.05, 0) is 0 Å². The molecule has 25 heavy (non-hydrogen) atoms. The second-order valence-electron chi connectivity index (χ2n) is 5.39. The van der Waals surface area contributed by atoms with Crippen molar-refractivity contribution in [2.24, 2.45) is 0 Å². The molecule has 3 aromatic carbocycles. The molecule has 3 rings (SSSR count). The van der Waals surface area contributed by atoms with Gasteiger partial charge in [-0.25, -0.2) is 0 Å². The van der Waals surface area contributed by atoms with Gasteiger partial charge in [0, 0.05) is 0 Å². The Labute approximate surface area is 152 Å². The molecule has 0 aliphatic carbocycles. The Morgan fingerprint density at radius 2 is 1.16 bits per heavy atom. The van der Waals surface area contributed by atoms with Crippen molar-refractivity contribution in [1.29, 1.82) is 0 Å². The average molecular weight is 468 g/mol. The van der Waals surface area contributed by atoms with Crippen LogP contribution in [0.5, 0.6) is 0 Å². The Hall–Kier alpha value is -1.90. The number of benzene rings is 3. The summed E-state index contributed by atoms with van der Waals surface area (Å²) in [6.45, 7) is 1.86. The Morgan fingerprint density at radius 3 is 1.60 bits per heavy atom. The molecule has 0 unspecified atom stereocenters. The molecule has 0 atom stereocenters. The Balaban J connectivity index is 2.11. The first-order valence-corrected chi connectivity index (χ1v) is 12.9. The van der Waals surface area contributed by atoms with Crippen molar-refractivity contribution in [1.82, 2.24) is 0 Å². The van der Waals surface area contributed by atoms with Gasteiger partial charge in [0.1, 0.15) is 0 Å². The van der Waals surface area contributed by atoms with Crippen molar-refractivity contribution in [2.45, 2.75) is 11.8 Å². The van der Waals surface area contributed by atoms with Crippen LogP contribution in [-0.2, 0) is 15.7 Å². The van der Waals surface area contributed by atoms with E-state index in [0.29, 0.717) is 7.14 Å². The molecule has 0 fully saturated rings. The Bertz CT molecular complexity index is 955. The summed E-state index contributed by atoms with van der Waals surface area (Å²) in [6, 6.07) is 23.3. The minimum atomic E-state index is -4.70. The first kappa shape index (κ1) is 17.9. The van der Waals surface area contributed by atoms with Gasteiger partial charge in [-0.1, -0.05) is 0 Å². The van der Waals surface area contributed by atoms with E-state index in [1.54, 1.807) is 72.8 Å². The van der Waals surface area contributed by atoms with Gasteiger partial charge in [-0.3, -0.25) is 0 Å². The summed E-state index contributed by atoms with van der Waals surface area (Å²) in [5, 5.41) is 0. The van der Waals surface area contributed by atoms with Crippen LogP contribution < -0.4 is 0 Å². The van der Waals surface area contributed by atoms with Crippen molar-refractivity contribution in [2.75, 3.05) is 0 Å². The molecule has 0 spiro atoms. The van der Waals surface area contributed by atoms with Crippen LogP contribution in [0.1, 0.15) is 5.56 Å². The average Bonchev–Trinajstić information content (AvgIpc) is 2.63. The predicted molar refractivity (Wildman–Crippen MR) is 104 cm³/mol. The van der Waals surface area contributed by atoms with E-state index >= 15 is 0 Å². The summed E-state index contributed by atoms with van der Waals surface area (Å²) in [6.07, 6.45) is 0. The molecule has 6 heteroatoms. The van der Waals surface area contributed by atoms with Crippen LogP contribution in [0.3, 0.4) is 0 Å². The summed E-state index contributed by atoms with van der Waals surface area (Å²) >= 11 is -4.70. The van der Waals surface area contributed by atoms with E-state index in [9.17, 15) is 11.5 Å². The molecule has 0 saturated heterocycles. The van der Waals surface area contributed by atoms with Gasteiger partial charge in [0.25, 0.3) is 0 Å². The number of rotatable bonds is 5. The van der Waals surface area contributed by atoms with Crippen molar-refractivity contribution < 1.29 is 14.0 Å². The molecule has 0 aliphatic heterocycles. The molecule has 0 saturated carbocycles. The molecular formula is C19H17IO4S. The minimum absolute atomic E-state index is 0.00575. The third-order valence-corrected chi connectivity index (χ3v) is 12.4. The topological polar surface area (TPSA) is 60.4 Å². The van der Waals surface area contributed by atoms with Gasteiger partial charge in [-0.2, -0.15) is 0 Å². The van der Waals surface area contributed by atoms with Crippen molar-refractivity contribution in [3.8, 4) is 0 Å². The number of hydrogen-bond acceptors (Lipinski definition) is 4. The van der Waals surface area contributed by atoms with Crippen LogP contribution in [0.4, 0.5) is 0 Å². The quantitative estimate of drug-likeness (QED) is 0.508. The van der Waals surface area contributed by atoms with Crippen molar-refractivity contribution >= 4 is 29.0 Å². The first-order chi connectivity index (χ1) is 11.9. The van der Waals surface area contributed by atoms with Crippen molar-refractivity contribution in [3.63, 3.8) is 0 Å². The summed E-state index contributed by atoms with van der Waals surface area (Å²) < 4.78 is 45.4. The first-order valence-electron chi connectivity index (χ1n) is 7.53. The SMILES string of the molecule is Cc1ccc(S(=O)(=O)OI(=O)(c2ccccc2)c2ccccc2)cc1. The Kier molecular flexibility index (Phi) is 5.12. The van der Waals surface area contributed by atoms with E-state index in [1.807, 2.05) is 6.92 Å². The van der Waals surface area contributed by atoms with E-state index < -0.39 is 29.0 Å². The standard InChI is InChI=1S/C19H17IO4S/c1-16-12-14-19(15-13-16)25(22,23)24-20(21,17-8-4-2-5-9-17)18-10-6-3-7-11-18/h2-15H,1H3. The maximum absolute atomic E-state index is 13.7. The van der Waals surface area contributed by atoms with Crippen LogP contribution >= 0.6 is 18.8 Å². The van der Waals surface area contributed by atoms with E-state index in [4.69, 9.17) is 2.51 Å². The summed E-state index contributed by atoms with van der Waals surface area (Å²) in [5.74, 6) is 0. The molecule has 0 radical (unpaired) electrons. The fraction of sp³-hybridized carbons (Fsp3) is 0.0526.